The second kappa shape index (κ2) is 9.56. The van der Waals surface area contributed by atoms with Crippen LogP contribution in [0.4, 0.5) is 11.5 Å². The summed E-state index contributed by atoms with van der Waals surface area (Å²) in [5.74, 6) is -0.0177. The van der Waals surface area contributed by atoms with E-state index in [0.717, 1.165) is 10.6 Å². The number of nitrogens with one attached hydrogen (secondary N) is 2. The second-order valence-corrected chi connectivity index (χ2v) is 6.97. The van der Waals surface area contributed by atoms with Crippen LogP contribution in [0.25, 0.3) is 0 Å². The molecule has 0 unspecified atom stereocenters. The van der Waals surface area contributed by atoms with E-state index in [0.29, 0.717) is 10.8 Å². The highest BCUT2D eigenvalue weighted by atomic mass is 35.5. The number of benzene rings is 1. The molecule has 6 nitrogen and oxygen atoms in total. The first-order valence-corrected chi connectivity index (χ1v) is 9.56. The van der Waals surface area contributed by atoms with Gasteiger partial charge in [0.1, 0.15) is 5.82 Å². The molecule has 0 saturated heterocycles. The van der Waals surface area contributed by atoms with Crippen molar-refractivity contribution in [1.82, 2.24) is 9.88 Å². The number of anilines is 2. The van der Waals surface area contributed by atoms with Gasteiger partial charge in [0.2, 0.25) is 11.8 Å². The molecule has 1 aromatic heterocycles. The molecule has 2 aromatic rings. The maximum absolute atomic E-state index is 12.3. The molecule has 0 aliphatic carbocycles. The normalized spacial score (nSPS) is 11.9. The number of aromatic nitrogens is 1. The quantitative estimate of drug-likeness (QED) is 0.707. The number of amides is 2. The topological polar surface area (TPSA) is 74.3 Å². The Kier molecular flexibility index (Phi) is 7.44. The van der Waals surface area contributed by atoms with Crippen LogP contribution in [-0.4, -0.2) is 47.6 Å². The van der Waals surface area contributed by atoms with Crippen LogP contribution in [0.3, 0.4) is 0 Å². The summed E-state index contributed by atoms with van der Waals surface area (Å²) in [5.41, 5.74) is 0.765. The third-order valence-corrected chi connectivity index (χ3v) is 4.81. The highest BCUT2D eigenvalue weighted by Gasteiger charge is 2.21. The van der Waals surface area contributed by atoms with Crippen molar-refractivity contribution >= 4 is 46.7 Å². The predicted octanol–water partition coefficient (Wildman–Crippen LogP) is 3.35. The van der Waals surface area contributed by atoms with Crippen molar-refractivity contribution in [2.24, 2.45) is 0 Å². The highest BCUT2D eigenvalue weighted by molar-refractivity contribution is 7.98. The average Bonchev–Trinajstić information content (AvgIpc) is 2.63. The summed E-state index contributed by atoms with van der Waals surface area (Å²) >= 11 is 7.34. The van der Waals surface area contributed by atoms with Crippen molar-refractivity contribution in [3.8, 4) is 0 Å². The number of carbonyl (C=O) groups excluding carboxylic acids is 2. The van der Waals surface area contributed by atoms with E-state index in [4.69, 9.17) is 11.6 Å². The van der Waals surface area contributed by atoms with Crippen LogP contribution >= 0.6 is 23.4 Å². The molecule has 0 fully saturated rings. The molecule has 8 heteroatoms. The maximum atomic E-state index is 12.3. The molecule has 0 aliphatic heterocycles. The van der Waals surface area contributed by atoms with Crippen LogP contribution in [0.2, 0.25) is 5.02 Å². The van der Waals surface area contributed by atoms with Crippen molar-refractivity contribution in [3.05, 3.63) is 47.6 Å². The average molecular weight is 393 g/mol. The van der Waals surface area contributed by atoms with Crippen molar-refractivity contribution in [2.75, 3.05) is 30.5 Å². The number of rotatable bonds is 7. The van der Waals surface area contributed by atoms with Gasteiger partial charge in [-0.15, -0.1) is 11.8 Å². The lowest BCUT2D eigenvalue weighted by atomic mass is 10.2. The van der Waals surface area contributed by atoms with E-state index >= 15 is 0 Å². The van der Waals surface area contributed by atoms with Gasteiger partial charge in [0, 0.05) is 11.1 Å². The number of likely N-dealkylation sites (N-methyl/N-ethyl adjacent to an activating group) is 1. The Bertz CT molecular complexity index is 770. The van der Waals surface area contributed by atoms with Crippen LogP contribution in [0.5, 0.6) is 0 Å². The number of nitrogens with zero attached hydrogens (tertiary/aromatic N) is 2. The molecule has 138 valence electrons. The Morgan fingerprint density at radius 1 is 1.23 bits per heavy atom. The third kappa shape index (κ3) is 5.72. The van der Waals surface area contributed by atoms with E-state index in [1.54, 1.807) is 42.8 Å². The summed E-state index contributed by atoms with van der Waals surface area (Å²) in [6, 6.07) is 10.4. The lowest BCUT2D eigenvalue weighted by molar-refractivity contribution is -0.122. The maximum Gasteiger partial charge on any atom is 0.242 e. The smallest absolute Gasteiger partial charge is 0.242 e. The zero-order chi connectivity index (χ0) is 19.1. The number of pyridine rings is 1. The van der Waals surface area contributed by atoms with Gasteiger partial charge in [0.15, 0.2) is 0 Å². The number of thioether (sulfide) groups is 1. The van der Waals surface area contributed by atoms with Gasteiger partial charge in [0.05, 0.1) is 23.3 Å². The summed E-state index contributed by atoms with van der Waals surface area (Å²) in [5, 5.41) is 6.08. The fourth-order valence-electron chi connectivity index (χ4n) is 2.18. The molecule has 2 N–H and O–H groups in total. The van der Waals surface area contributed by atoms with Gasteiger partial charge in [-0.3, -0.25) is 14.5 Å². The van der Waals surface area contributed by atoms with E-state index in [9.17, 15) is 9.59 Å². The monoisotopic (exact) mass is 392 g/mol. The first kappa shape index (κ1) is 20.2. The van der Waals surface area contributed by atoms with Crippen molar-refractivity contribution in [1.29, 1.82) is 0 Å². The molecule has 0 aliphatic rings. The molecule has 2 amide bonds. The van der Waals surface area contributed by atoms with E-state index in [-0.39, 0.29) is 18.4 Å². The Hall–Kier alpha value is -2.09. The van der Waals surface area contributed by atoms with Crippen LogP contribution in [0.1, 0.15) is 6.92 Å². The minimum Gasteiger partial charge on any atom is -0.324 e. The number of hydrogen-bond acceptors (Lipinski definition) is 5. The van der Waals surface area contributed by atoms with Gasteiger partial charge in [-0.2, -0.15) is 0 Å². The van der Waals surface area contributed by atoms with Crippen molar-refractivity contribution < 1.29 is 9.59 Å². The Morgan fingerprint density at radius 3 is 2.62 bits per heavy atom. The summed E-state index contributed by atoms with van der Waals surface area (Å²) in [6.07, 6.45) is 3.41. The molecule has 26 heavy (non-hydrogen) atoms. The van der Waals surface area contributed by atoms with Crippen molar-refractivity contribution in [3.63, 3.8) is 0 Å². The molecular formula is C18H21ClN4O2S. The number of hydrogen-bond donors (Lipinski definition) is 2. The van der Waals surface area contributed by atoms with Crippen LogP contribution in [0, 0.1) is 0 Å². The standard InChI is InChI=1S/C18H21ClN4O2S/c1-12(18(25)22-16-9-8-13(19)10-20-16)23(2)11-17(24)21-14-6-4-5-7-15(14)26-3/h4-10,12H,11H2,1-3H3,(H,21,24)(H,20,22,25)/t12-/m1/s1. The molecule has 0 bridgehead atoms. The highest BCUT2D eigenvalue weighted by Crippen LogP contribution is 2.24. The van der Waals surface area contributed by atoms with Gasteiger partial charge in [-0.25, -0.2) is 4.98 Å². The summed E-state index contributed by atoms with van der Waals surface area (Å²) in [7, 11) is 1.72. The summed E-state index contributed by atoms with van der Waals surface area (Å²) in [6.45, 7) is 1.82. The van der Waals surface area contributed by atoms with Gasteiger partial charge in [-0.1, -0.05) is 23.7 Å². The molecule has 0 radical (unpaired) electrons. The fraction of sp³-hybridized carbons (Fsp3) is 0.278. The van der Waals surface area contributed by atoms with Crippen LogP contribution in [-0.2, 0) is 9.59 Å². The Labute approximate surface area is 162 Å². The second-order valence-electron chi connectivity index (χ2n) is 5.69. The molecule has 1 aromatic carbocycles. The zero-order valence-corrected chi connectivity index (χ0v) is 16.4. The van der Waals surface area contributed by atoms with E-state index in [1.165, 1.54) is 6.20 Å². The van der Waals surface area contributed by atoms with E-state index < -0.39 is 6.04 Å². The minimum absolute atomic E-state index is 0.0886. The molecule has 0 saturated carbocycles. The summed E-state index contributed by atoms with van der Waals surface area (Å²) in [4.78, 5) is 31.3. The van der Waals surface area contributed by atoms with Crippen LogP contribution < -0.4 is 10.6 Å². The fourth-order valence-corrected chi connectivity index (χ4v) is 2.85. The first-order chi connectivity index (χ1) is 12.4. The lowest BCUT2D eigenvalue weighted by Gasteiger charge is -2.23. The number of halogens is 1. The molecule has 1 heterocycles. The van der Waals surface area contributed by atoms with Gasteiger partial charge in [0.25, 0.3) is 0 Å². The predicted molar refractivity (Wildman–Crippen MR) is 107 cm³/mol. The number of para-hydroxylation sites is 1. The first-order valence-electron chi connectivity index (χ1n) is 7.96. The molecule has 1 atom stereocenters. The largest absolute Gasteiger partial charge is 0.324 e. The van der Waals surface area contributed by atoms with E-state index in [1.807, 2.05) is 30.5 Å². The third-order valence-electron chi connectivity index (χ3n) is 3.79. The van der Waals surface area contributed by atoms with Gasteiger partial charge in [-0.05, 0) is 44.5 Å². The molecule has 2 rings (SSSR count). The minimum atomic E-state index is -0.506. The Balaban J connectivity index is 1.90. The lowest BCUT2D eigenvalue weighted by Crippen LogP contribution is -2.43. The number of carbonyl (C=O) groups is 2. The van der Waals surface area contributed by atoms with Crippen LogP contribution in [0.15, 0.2) is 47.5 Å². The zero-order valence-electron chi connectivity index (χ0n) is 14.8. The van der Waals surface area contributed by atoms with Gasteiger partial charge >= 0.3 is 0 Å². The van der Waals surface area contributed by atoms with E-state index in [2.05, 4.69) is 15.6 Å². The molecular weight excluding hydrogens is 372 g/mol. The summed E-state index contributed by atoms with van der Waals surface area (Å²) < 4.78 is 0. The SMILES string of the molecule is CSc1ccccc1NC(=O)CN(C)[C@H](C)C(=O)Nc1ccc(Cl)cn1. The van der Waals surface area contributed by atoms with Crippen molar-refractivity contribution in [2.45, 2.75) is 17.9 Å². The Morgan fingerprint density at radius 2 is 1.96 bits per heavy atom. The van der Waals surface area contributed by atoms with Gasteiger partial charge < -0.3 is 10.6 Å². The molecule has 0 spiro atoms.